The van der Waals surface area contributed by atoms with Gasteiger partial charge in [0.2, 0.25) is 10.0 Å². The molecule has 0 fully saturated rings. The second kappa shape index (κ2) is 8.93. The van der Waals surface area contributed by atoms with Gasteiger partial charge in [0.05, 0.1) is 23.0 Å². The third kappa shape index (κ3) is 4.67. The van der Waals surface area contributed by atoms with Gasteiger partial charge in [-0.25, -0.2) is 18.4 Å². The van der Waals surface area contributed by atoms with Crippen molar-refractivity contribution in [3.8, 4) is 11.4 Å². The number of benzene rings is 2. The summed E-state index contributed by atoms with van der Waals surface area (Å²) in [5, 5.41) is 2.70. The Bertz CT molecular complexity index is 1080. The summed E-state index contributed by atoms with van der Waals surface area (Å²) in [7, 11) is -3.64. The molecular formula is C21H22N4O3S. The highest BCUT2D eigenvalue weighted by atomic mass is 32.2. The molecule has 0 atom stereocenters. The van der Waals surface area contributed by atoms with E-state index in [1.165, 1.54) is 28.8 Å². The molecule has 0 radical (unpaired) electrons. The van der Waals surface area contributed by atoms with E-state index in [0.717, 1.165) is 5.56 Å². The lowest BCUT2D eigenvalue weighted by Crippen LogP contribution is -2.30. The molecule has 0 spiro atoms. The summed E-state index contributed by atoms with van der Waals surface area (Å²) in [6.45, 7) is 4.27. The van der Waals surface area contributed by atoms with Gasteiger partial charge in [-0.2, -0.15) is 4.31 Å². The van der Waals surface area contributed by atoms with E-state index in [2.05, 4.69) is 15.3 Å². The number of amides is 1. The highest BCUT2D eigenvalue weighted by molar-refractivity contribution is 7.89. The zero-order valence-electron chi connectivity index (χ0n) is 16.2. The molecule has 8 heteroatoms. The molecule has 1 amide bonds. The Morgan fingerprint density at radius 3 is 2.24 bits per heavy atom. The molecule has 0 bridgehead atoms. The van der Waals surface area contributed by atoms with Crippen molar-refractivity contribution in [1.82, 2.24) is 14.3 Å². The van der Waals surface area contributed by atoms with Gasteiger partial charge in [-0.3, -0.25) is 4.79 Å². The van der Waals surface area contributed by atoms with Crippen molar-refractivity contribution in [3.63, 3.8) is 0 Å². The lowest BCUT2D eigenvalue weighted by atomic mass is 10.2. The molecule has 1 heterocycles. The monoisotopic (exact) mass is 410 g/mol. The highest BCUT2D eigenvalue weighted by Gasteiger charge is 2.22. The number of nitrogens with one attached hydrogen (secondary N) is 1. The van der Waals surface area contributed by atoms with Gasteiger partial charge in [0.15, 0.2) is 5.82 Å². The lowest BCUT2D eigenvalue weighted by Gasteiger charge is -2.18. The number of nitrogens with zero attached hydrogens (tertiary/aromatic N) is 3. The fourth-order valence-corrected chi connectivity index (χ4v) is 4.35. The summed E-state index contributed by atoms with van der Waals surface area (Å²) in [6, 6.07) is 15.5. The molecular weight excluding hydrogens is 388 g/mol. The normalized spacial score (nSPS) is 11.4. The summed E-state index contributed by atoms with van der Waals surface area (Å²) in [4.78, 5) is 21.2. The molecule has 29 heavy (non-hydrogen) atoms. The maximum Gasteiger partial charge on any atom is 0.255 e. The number of hydrogen-bond acceptors (Lipinski definition) is 5. The van der Waals surface area contributed by atoms with Crippen LogP contribution in [0.4, 0.5) is 5.69 Å². The van der Waals surface area contributed by atoms with E-state index in [1.807, 2.05) is 30.3 Å². The molecule has 0 aliphatic carbocycles. The standard InChI is InChI=1S/C21H22N4O3S/c1-3-25(4-2)29(27,28)19-12-8-11-17(13-19)21(26)24-18-14-22-20(23-15-18)16-9-6-5-7-10-16/h5-15H,3-4H2,1-2H3,(H,24,26). The molecule has 0 saturated heterocycles. The molecule has 2 aromatic carbocycles. The molecule has 1 N–H and O–H groups in total. The minimum Gasteiger partial charge on any atom is -0.319 e. The van der Waals surface area contributed by atoms with Crippen LogP contribution in [0.25, 0.3) is 11.4 Å². The summed E-state index contributed by atoms with van der Waals surface area (Å²) in [5.41, 5.74) is 1.54. The second-order valence-electron chi connectivity index (χ2n) is 6.23. The van der Waals surface area contributed by atoms with Crippen LogP contribution in [0.2, 0.25) is 0 Å². The minimum absolute atomic E-state index is 0.0875. The molecule has 0 saturated carbocycles. The number of rotatable bonds is 7. The lowest BCUT2D eigenvalue weighted by molar-refractivity contribution is 0.102. The molecule has 3 rings (SSSR count). The van der Waals surface area contributed by atoms with Crippen LogP contribution in [0, 0.1) is 0 Å². The average molecular weight is 410 g/mol. The van der Waals surface area contributed by atoms with Crippen molar-refractivity contribution in [1.29, 1.82) is 0 Å². The molecule has 1 aromatic heterocycles. The number of sulfonamides is 1. The Labute approximate surface area is 170 Å². The SMILES string of the molecule is CCN(CC)S(=O)(=O)c1cccc(C(=O)Nc2cnc(-c3ccccc3)nc2)c1. The second-order valence-corrected chi connectivity index (χ2v) is 8.17. The predicted molar refractivity (Wildman–Crippen MR) is 112 cm³/mol. The Balaban J connectivity index is 1.78. The van der Waals surface area contributed by atoms with E-state index in [9.17, 15) is 13.2 Å². The van der Waals surface area contributed by atoms with E-state index in [1.54, 1.807) is 26.0 Å². The van der Waals surface area contributed by atoms with Gasteiger partial charge in [0.25, 0.3) is 5.91 Å². The maximum absolute atomic E-state index is 12.7. The topological polar surface area (TPSA) is 92.3 Å². The van der Waals surface area contributed by atoms with Crippen molar-refractivity contribution in [3.05, 3.63) is 72.6 Å². The number of aromatic nitrogens is 2. The number of anilines is 1. The summed E-state index contributed by atoms with van der Waals surface area (Å²) < 4.78 is 26.7. The van der Waals surface area contributed by atoms with Gasteiger partial charge in [-0.05, 0) is 18.2 Å². The Hall–Kier alpha value is -3.10. The first kappa shape index (κ1) is 20.6. The fourth-order valence-electron chi connectivity index (χ4n) is 2.84. The fraction of sp³-hybridized carbons (Fsp3) is 0.190. The van der Waals surface area contributed by atoms with Crippen LogP contribution in [-0.4, -0.2) is 41.7 Å². The van der Waals surface area contributed by atoms with Crippen LogP contribution >= 0.6 is 0 Å². The van der Waals surface area contributed by atoms with Crippen LogP contribution < -0.4 is 5.32 Å². The minimum atomic E-state index is -3.64. The first-order valence-corrected chi connectivity index (χ1v) is 10.7. The van der Waals surface area contributed by atoms with Crippen LogP contribution in [0.5, 0.6) is 0 Å². The van der Waals surface area contributed by atoms with Crippen molar-refractivity contribution >= 4 is 21.6 Å². The Morgan fingerprint density at radius 1 is 0.966 bits per heavy atom. The largest absolute Gasteiger partial charge is 0.319 e. The first-order chi connectivity index (χ1) is 14.0. The van der Waals surface area contributed by atoms with E-state index in [0.29, 0.717) is 24.6 Å². The van der Waals surface area contributed by atoms with Crippen molar-refractivity contribution in [2.75, 3.05) is 18.4 Å². The average Bonchev–Trinajstić information content (AvgIpc) is 2.75. The highest BCUT2D eigenvalue weighted by Crippen LogP contribution is 2.19. The number of carbonyl (C=O) groups excluding carboxylic acids is 1. The van der Waals surface area contributed by atoms with Crippen molar-refractivity contribution in [2.24, 2.45) is 0 Å². The molecule has 3 aromatic rings. The summed E-state index contributed by atoms with van der Waals surface area (Å²) in [6.07, 6.45) is 3.04. The van der Waals surface area contributed by atoms with Gasteiger partial charge in [-0.1, -0.05) is 50.2 Å². The predicted octanol–water partition coefficient (Wildman–Crippen LogP) is 3.43. The Kier molecular flexibility index (Phi) is 6.36. The molecule has 0 aliphatic rings. The quantitative estimate of drug-likeness (QED) is 0.644. The van der Waals surface area contributed by atoms with Crippen LogP contribution in [-0.2, 0) is 10.0 Å². The molecule has 0 aliphatic heterocycles. The molecule has 0 unspecified atom stereocenters. The van der Waals surface area contributed by atoms with Gasteiger partial charge in [-0.15, -0.1) is 0 Å². The van der Waals surface area contributed by atoms with Crippen LogP contribution in [0.3, 0.4) is 0 Å². The van der Waals surface area contributed by atoms with Crippen LogP contribution in [0.1, 0.15) is 24.2 Å². The van der Waals surface area contributed by atoms with E-state index >= 15 is 0 Å². The van der Waals surface area contributed by atoms with E-state index in [4.69, 9.17) is 0 Å². The van der Waals surface area contributed by atoms with E-state index < -0.39 is 15.9 Å². The van der Waals surface area contributed by atoms with Crippen LogP contribution in [0.15, 0.2) is 71.9 Å². The van der Waals surface area contributed by atoms with Gasteiger partial charge in [0.1, 0.15) is 0 Å². The summed E-state index contributed by atoms with van der Waals surface area (Å²) in [5.74, 6) is 0.119. The summed E-state index contributed by atoms with van der Waals surface area (Å²) >= 11 is 0. The van der Waals surface area contributed by atoms with E-state index in [-0.39, 0.29) is 10.5 Å². The Morgan fingerprint density at radius 2 is 1.62 bits per heavy atom. The molecule has 7 nitrogen and oxygen atoms in total. The number of hydrogen-bond donors (Lipinski definition) is 1. The van der Waals surface area contributed by atoms with Gasteiger partial charge >= 0.3 is 0 Å². The third-order valence-corrected chi connectivity index (χ3v) is 6.43. The zero-order chi connectivity index (χ0) is 20.9. The maximum atomic E-state index is 12.7. The van der Waals surface area contributed by atoms with Gasteiger partial charge in [0, 0.05) is 24.2 Å². The van der Waals surface area contributed by atoms with Crippen molar-refractivity contribution in [2.45, 2.75) is 18.7 Å². The third-order valence-electron chi connectivity index (χ3n) is 4.38. The zero-order valence-corrected chi connectivity index (χ0v) is 17.1. The number of carbonyl (C=O) groups is 1. The first-order valence-electron chi connectivity index (χ1n) is 9.24. The smallest absolute Gasteiger partial charge is 0.255 e. The van der Waals surface area contributed by atoms with Crippen molar-refractivity contribution < 1.29 is 13.2 Å². The van der Waals surface area contributed by atoms with Gasteiger partial charge < -0.3 is 5.32 Å². The molecule has 150 valence electrons.